The van der Waals surface area contributed by atoms with Crippen molar-refractivity contribution in [3.8, 4) is 0 Å². The summed E-state index contributed by atoms with van der Waals surface area (Å²) in [6.07, 6.45) is -1.32. The fourth-order valence-corrected chi connectivity index (χ4v) is 3.60. The van der Waals surface area contributed by atoms with Gasteiger partial charge >= 0.3 is 11.9 Å². The summed E-state index contributed by atoms with van der Waals surface area (Å²) in [5.74, 6) is -0.304. The smallest absolute Gasteiger partial charge is 0.303 e. The Balaban J connectivity index is 2.05. The molecule has 1 aromatic heterocycles. The quantitative estimate of drug-likeness (QED) is 0.675. The molecule has 1 saturated heterocycles. The number of anilines is 1. The lowest BCUT2D eigenvalue weighted by Crippen LogP contribution is -2.26. The van der Waals surface area contributed by atoms with Crippen LogP contribution < -0.4 is 5.32 Å². The van der Waals surface area contributed by atoms with Crippen molar-refractivity contribution in [2.24, 2.45) is 0 Å². The van der Waals surface area contributed by atoms with Gasteiger partial charge < -0.3 is 19.5 Å². The molecule has 10 heteroatoms. The van der Waals surface area contributed by atoms with E-state index in [0.717, 1.165) is 0 Å². The van der Waals surface area contributed by atoms with Crippen molar-refractivity contribution in [2.75, 3.05) is 11.9 Å². The number of carbonyl (C=O) groups is 2. The topological polar surface area (TPSA) is 91.7 Å². The highest BCUT2D eigenvalue weighted by molar-refractivity contribution is 6.42. The minimum Gasteiger partial charge on any atom is -0.463 e. The van der Waals surface area contributed by atoms with Gasteiger partial charge in [0.1, 0.15) is 12.7 Å². The van der Waals surface area contributed by atoms with E-state index in [1.807, 2.05) is 13.8 Å². The van der Waals surface area contributed by atoms with Gasteiger partial charge in [0.2, 0.25) is 5.95 Å². The number of nitrogens with one attached hydrogen (secondary N) is 1. The number of nitrogens with zero attached hydrogens (tertiary/aromatic N) is 2. The van der Waals surface area contributed by atoms with Gasteiger partial charge in [-0.15, -0.1) is 0 Å². The Kier molecular flexibility index (Phi) is 6.55. The van der Waals surface area contributed by atoms with Gasteiger partial charge in [-0.1, -0.05) is 23.2 Å². The Morgan fingerprint density at radius 3 is 2.59 bits per heavy atom. The molecule has 8 nitrogen and oxygen atoms in total. The summed E-state index contributed by atoms with van der Waals surface area (Å²) in [5, 5.41) is 4.03. The highest BCUT2D eigenvalue weighted by Crippen LogP contribution is 2.38. The maximum atomic E-state index is 11.7. The van der Waals surface area contributed by atoms with Crippen LogP contribution in [0.5, 0.6) is 0 Å². The molecule has 0 spiro atoms. The Morgan fingerprint density at radius 2 is 1.97 bits per heavy atom. The zero-order valence-corrected chi connectivity index (χ0v) is 18.1. The van der Waals surface area contributed by atoms with E-state index in [2.05, 4.69) is 10.3 Å². The van der Waals surface area contributed by atoms with Gasteiger partial charge in [-0.05, 0) is 26.0 Å². The molecule has 0 amide bonds. The summed E-state index contributed by atoms with van der Waals surface area (Å²) >= 11 is 12.4. The molecule has 0 radical (unpaired) electrons. The summed E-state index contributed by atoms with van der Waals surface area (Å²) in [6.45, 7) is 6.69. The van der Waals surface area contributed by atoms with Crippen LogP contribution in [0.25, 0.3) is 11.0 Å². The van der Waals surface area contributed by atoms with Crippen molar-refractivity contribution in [2.45, 2.75) is 58.6 Å². The first-order valence-corrected chi connectivity index (χ1v) is 10.0. The third-order valence-corrected chi connectivity index (χ3v) is 5.06. The molecule has 1 aromatic carbocycles. The van der Waals surface area contributed by atoms with Gasteiger partial charge in [-0.2, -0.15) is 0 Å². The summed E-state index contributed by atoms with van der Waals surface area (Å²) in [7, 11) is 0. The molecule has 0 bridgehead atoms. The predicted molar refractivity (Wildman–Crippen MR) is 109 cm³/mol. The van der Waals surface area contributed by atoms with Crippen molar-refractivity contribution in [1.82, 2.24) is 9.55 Å². The molecule has 0 unspecified atom stereocenters. The van der Waals surface area contributed by atoms with E-state index in [4.69, 9.17) is 37.4 Å². The van der Waals surface area contributed by atoms with E-state index in [0.29, 0.717) is 33.4 Å². The number of hydrogen-bond acceptors (Lipinski definition) is 7. The molecule has 158 valence electrons. The van der Waals surface area contributed by atoms with Gasteiger partial charge in [0.15, 0.2) is 6.23 Å². The van der Waals surface area contributed by atoms with Crippen LogP contribution in [0.2, 0.25) is 10.0 Å². The average Bonchev–Trinajstić information content (AvgIpc) is 3.13. The number of aromatic nitrogens is 2. The molecule has 29 heavy (non-hydrogen) atoms. The number of esters is 2. The monoisotopic (exact) mass is 443 g/mol. The average molecular weight is 444 g/mol. The molecule has 0 saturated carbocycles. The standard InChI is InChI=1S/C19H23Cl2N3O5/c1-9(2)22-19-23-15-6-13(20)14(21)7-16(15)24(19)18-17(28-11(4)26)5-12(29-18)8-27-10(3)25/h6-7,9,12,17-18H,5,8H2,1-4H3,(H,22,23)/t12-,17+,18+/m1/s1. The van der Waals surface area contributed by atoms with E-state index in [1.54, 1.807) is 16.7 Å². The minimum atomic E-state index is -0.678. The molecule has 1 aliphatic rings. The zero-order chi connectivity index (χ0) is 21.3. The number of rotatable bonds is 6. The van der Waals surface area contributed by atoms with Crippen molar-refractivity contribution in [3.63, 3.8) is 0 Å². The molecular weight excluding hydrogens is 421 g/mol. The fourth-order valence-electron chi connectivity index (χ4n) is 3.29. The highest BCUT2D eigenvalue weighted by Gasteiger charge is 2.41. The van der Waals surface area contributed by atoms with Crippen molar-refractivity contribution >= 4 is 52.1 Å². The normalized spacial score (nSPS) is 21.6. The third kappa shape index (κ3) is 4.94. The maximum Gasteiger partial charge on any atom is 0.303 e. The van der Waals surface area contributed by atoms with Crippen LogP contribution in [0.3, 0.4) is 0 Å². The van der Waals surface area contributed by atoms with Gasteiger partial charge in [-0.3, -0.25) is 14.2 Å². The zero-order valence-electron chi connectivity index (χ0n) is 16.6. The number of fused-ring (bicyclic) bond motifs is 1. The third-order valence-electron chi connectivity index (χ3n) is 4.34. The number of ether oxygens (including phenoxy) is 3. The van der Waals surface area contributed by atoms with Gasteiger partial charge in [-0.25, -0.2) is 4.98 Å². The van der Waals surface area contributed by atoms with Crippen LogP contribution in [-0.2, 0) is 23.8 Å². The molecule has 1 aliphatic heterocycles. The van der Waals surface area contributed by atoms with Crippen molar-refractivity contribution < 1.29 is 23.8 Å². The van der Waals surface area contributed by atoms with Crippen LogP contribution in [0.15, 0.2) is 12.1 Å². The van der Waals surface area contributed by atoms with Crippen molar-refractivity contribution in [1.29, 1.82) is 0 Å². The number of carbonyl (C=O) groups excluding carboxylic acids is 2. The van der Waals surface area contributed by atoms with Gasteiger partial charge in [0.25, 0.3) is 0 Å². The molecule has 0 aliphatic carbocycles. The molecule has 3 atom stereocenters. The number of benzene rings is 1. The Bertz CT molecular complexity index is 930. The van der Waals surface area contributed by atoms with E-state index < -0.39 is 30.4 Å². The molecule has 2 heterocycles. The van der Waals surface area contributed by atoms with Gasteiger partial charge in [0.05, 0.1) is 27.2 Å². The lowest BCUT2D eigenvalue weighted by molar-refractivity contribution is -0.152. The predicted octanol–water partition coefficient (Wildman–Crippen LogP) is 3.95. The Hall–Kier alpha value is -2.03. The van der Waals surface area contributed by atoms with Crippen molar-refractivity contribution in [3.05, 3.63) is 22.2 Å². The second kappa shape index (κ2) is 8.77. The van der Waals surface area contributed by atoms with Crippen LogP contribution in [0.4, 0.5) is 5.95 Å². The van der Waals surface area contributed by atoms with E-state index in [1.165, 1.54) is 13.8 Å². The highest BCUT2D eigenvalue weighted by atomic mass is 35.5. The van der Waals surface area contributed by atoms with Crippen LogP contribution in [0, 0.1) is 0 Å². The lowest BCUT2D eigenvalue weighted by atomic mass is 10.2. The van der Waals surface area contributed by atoms with E-state index in [9.17, 15) is 9.59 Å². The van der Waals surface area contributed by atoms with Gasteiger partial charge in [0, 0.05) is 26.3 Å². The molecule has 1 N–H and O–H groups in total. The largest absolute Gasteiger partial charge is 0.463 e. The lowest BCUT2D eigenvalue weighted by Gasteiger charge is -2.23. The summed E-state index contributed by atoms with van der Waals surface area (Å²) < 4.78 is 18.5. The van der Waals surface area contributed by atoms with E-state index in [-0.39, 0.29) is 12.6 Å². The van der Waals surface area contributed by atoms with Crippen LogP contribution in [0.1, 0.15) is 40.3 Å². The Labute approximate surface area is 178 Å². The second-order valence-electron chi connectivity index (χ2n) is 7.19. The molecule has 1 fully saturated rings. The molecule has 2 aromatic rings. The number of imidazole rings is 1. The first-order chi connectivity index (χ1) is 13.7. The Morgan fingerprint density at radius 1 is 1.28 bits per heavy atom. The first kappa shape index (κ1) is 21.7. The second-order valence-corrected chi connectivity index (χ2v) is 8.01. The SMILES string of the molecule is CC(=O)OC[C@H]1C[C@H](OC(C)=O)[C@@H](n2c(NC(C)C)nc3cc(Cl)c(Cl)cc32)O1. The molecule has 3 rings (SSSR count). The van der Waals surface area contributed by atoms with E-state index >= 15 is 0 Å². The summed E-state index contributed by atoms with van der Waals surface area (Å²) in [4.78, 5) is 27.5. The maximum absolute atomic E-state index is 11.7. The number of hydrogen-bond donors (Lipinski definition) is 1. The molecular formula is C19H23Cl2N3O5. The first-order valence-electron chi connectivity index (χ1n) is 9.25. The summed E-state index contributed by atoms with van der Waals surface area (Å²) in [6, 6.07) is 3.46. The number of halogens is 2. The van der Waals surface area contributed by atoms with Crippen LogP contribution in [-0.4, -0.2) is 46.3 Å². The van der Waals surface area contributed by atoms with Crippen LogP contribution >= 0.6 is 23.2 Å². The fraction of sp³-hybridized carbons (Fsp3) is 0.526. The minimum absolute atomic E-state index is 0.0652. The summed E-state index contributed by atoms with van der Waals surface area (Å²) in [5.41, 5.74) is 1.30.